The summed E-state index contributed by atoms with van der Waals surface area (Å²) in [5.41, 5.74) is 2.45. The zero-order valence-electron chi connectivity index (χ0n) is 13.8. The van der Waals surface area contributed by atoms with Gasteiger partial charge in [-0.2, -0.15) is 0 Å². The zero-order valence-corrected chi connectivity index (χ0v) is 15.3. The summed E-state index contributed by atoms with van der Waals surface area (Å²) in [6.07, 6.45) is -0.824. The minimum Gasteiger partial charge on any atom is -0.337 e. The number of amides is 1. The van der Waals surface area contributed by atoms with Crippen molar-refractivity contribution in [2.75, 3.05) is 6.54 Å². The summed E-state index contributed by atoms with van der Waals surface area (Å²) in [6, 6.07) is 12.9. The van der Waals surface area contributed by atoms with Crippen molar-refractivity contribution in [3.05, 3.63) is 63.9 Å². The molecule has 4 rings (SSSR count). The summed E-state index contributed by atoms with van der Waals surface area (Å²) in [6.45, 7) is 0.680. The number of halogens is 3. The number of imidazole rings is 1. The predicted octanol–water partition coefficient (Wildman–Crippen LogP) is 5.24. The summed E-state index contributed by atoms with van der Waals surface area (Å²) in [4.78, 5) is 21.3. The Morgan fingerprint density at radius 1 is 1.27 bits per heavy atom. The first kappa shape index (κ1) is 17.1. The first-order chi connectivity index (χ1) is 12.5. The van der Waals surface area contributed by atoms with Crippen LogP contribution in [0.4, 0.5) is 8.78 Å². The van der Waals surface area contributed by atoms with Crippen molar-refractivity contribution in [1.82, 2.24) is 14.9 Å². The van der Waals surface area contributed by atoms with E-state index in [4.69, 9.17) is 0 Å². The number of nitrogens with zero attached hydrogens (tertiary/aromatic N) is 2. The lowest BCUT2D eigenvalue weighted by molar-refractivity contribution is 0.0735. The number of likely N-dealkylation sites (tertiary alicyclic amines) is 1. The lowest BCUT2D eigenvalue weighted by atomic mass is 10.0. The fourth-order valence-corrected chi connectivity index (χ4v) is 3.92. The van der Waals surface area contributed by atoms with E-state index < -0.39 is 6.43 Å². The minimum absolute atomic E-state index is 0.0223. The summed E-state index contributed by atoms with van der Waals surface area (Å²) < 4.78 is 26.6. The second-order valence-electron chi connectivity index (χ2n) is 6.37. The molecule has 1 N–H and O–H groups in total. The molecule has 0 spiro atoms. The van der Waals surface area contributed by atoms with Crippen LogP contribution < -0.4 is 0 Å². The number of fused-ring (bicyclic) bond motifs is 1. The molecule has 26 heavy (non-hydrogen) atoms. The van der Waals surface area contributed by atoms with Gasteiger partial charge < -0.3 is 9.88 Å². The predicted molar refractivity (Wildman–Crippen MR) is 98.2 cm³/mol. The van der Waals surface area contributed by atoms with Gasteiger partial charge in [-0.25, -0.2) is 13.8 Å². The summed E-state index contributed by atoms with van der Waals surface area (Å²) in [5, 5.41) is 0. The molecule has 1 atom stereocenters. The van der Waals surface area contributed by atoms with Gasteiger partial charge in [0.05, 0.1) is 17.1 Å². The monoisotopic (exact) mass is 419 g/mol. The Bertz CT molecular complexity index is 972. The van der Waals surface area contributed by atoms with Crippen molar-refractivity contribution < 1.29 is 13.6 Å². The van der Waals surface area contributed by atoms with Gasteiger partial charge in [0.1, 0.15) is 0 Å². The SMILES string of the molecule is O=C(c1ccc2nc(C(F)F)[nH]c2c1)N1CCCC1c1cccc(Br)c1. The third-order valence-electron chi connectivity index (χ3n) is 4.70. The molecule has 1 amide bonds. The topological polar surface area (TPSA) is 49.0 Å². The van der Waals surface area contributed by atoms with Crippen LogP contribution in [-0.2, 0) is 0 Å². The number of nitrogens with one attached hydrogen (secondary N) is 1. The minimum atomic E-state index is -2.67. The standard InChI is InChI=1S/C19H16BrF2N3O/c20-13-4-1-3-11(9-13)16-5-2-8-25(16)19(26)12-6-7-14-15(10-12)24-18(23-14)17(21)22/h1,3-4,6-7,9-10,16-17H,2,5,8H2,(H,23,24). The molecule has 0 radical (unpaired) electrons. The highest BCUT2D eigenvalue weighted by Gasteiger charge is 2.31. The Labute approximate surface area is 157 Å². The second kappa shape index (κ2) is 6.79. The van der Waals surface area contributed by atoms with Crippen LogP contribution in [0.5, 0.6) is 0 Å². The van der Waals surface area contributed by atoms with E-state index in [-0.39, 0.29) is 17.8 Å². The fraction of sp³-hybridized carbons (Fsp3) is 0.263. The van der Waals surface area contributed by atoms with Crippen molar-refractivity contribution in [2.24, 2.45) is 0 Å². The molecule has 1 aliphatic rings. The molecule has 2 aromatic carbocycles. The molecule has 1 fully saturated rings. The molecule has 1 unspecified atom stereocenters. The van der Waals surface area contributed by atoms with Gasteiger partial charge in [-0.15, -0.1) is 0 Å². The average Bonchev–Trinajstić information content (AvgIpc) is 3.27. The van der Waals surface area contributed by atoms with E-state index in [1.54, 1.807) is 18.2 Å². The fourth-order valence-electron chi connectivity index (χ4n) is 3.50. The Hall–Kier alpha value is -2.28. The zero-order chi connectivity index (χ0) is 18.3. The van der Waals surface area contributed by atoms with Crippen LogP contribution >= 0.6 is 15.9 Å². The molecular formula is C19H16BrF2N3O. The Kier molecular flexibility index (Phi) is 4.48. The van der Waals surface area contributed by atoms with Gasteiger partial charge in [0.15, 0.2) is 5.82 Å². The lowest BCUT2D eigenvalue weighted by Gasteiger charge is -2.25. The molecular weight excluding hydrogens is 404 g/mol. The maximum absolute atomic E-state index is 13.0. The van der Waals surface area contributed by atoms with Crippen LogP contribution in [0.15, 0.2) is 46.9 Å². The number of H-pyrrole nitrogens is 1. The molecule has 3 aromatic rings. The normalized spacial score (nSPS) is 17.4. The first-order valence-electron chi connectivity index (χ1n) is 8.37. The van der Waals surface area contributed by atoms with Crippen molar-refractivity contribution in [3.63, 3.8) is 0 Å². The molecule has 1 aliphatic heterocycles. The number of hydrogen-bond donors (Lipinski definition) is 1. The van der Waals surface area contributed by atoms with Gasteiger partial charge in [-0.1, -0.05) is 28.1 Å². The highest BCUT2D eigenvalue weighted by atomic mass is 79.9. The van der Waals surface area contributed by atoms with Crippen LogP contribution in [0, 0.1) is 0 Å². The number of hydrogen-bond acceptors (Lipinski definition) is 2. The molecule has 4 nitrogen and oxygen atoms in total. The molecule has 1 saturated heterocycles. The van der Waals surface area contributed by atoms with Crippen molar-refractivity contribution in [3.8, 4) is 0 Å². The Balaban J connectivity index is 1.64. The largest absolute Gasteiger partial charge is 0.337 e. The maximum Gasteiger partial charge on any atom is 0.295 e. The third-order valence-corrected chi connectivity index (χ3v) is 5.19. The maximum atomic E-state index is 13.0. The van der Waals surface area contributed by atoms with Crippen LogP contribution in [0.3, 0.4) is 0 Å². The van der Waals surface area contributed by atoms with E-state index in [9.17, 15) is 13.6 Å². The van der Waals surface area contributed by atoms with E-state index >= 15 is 0 Å². The Morgan fingerprint density at radius 3 is 2.88 bits per heavy atom. The molecule has 0 bridgehead atoms. The summed E-state index contributed by atoms with van der Waals surface area (Å²) in [7, 11) is 0. The van der Waals surface area contributed by atoms with Gasteiger partial charge in [-0.3, -0.25) is 4.79 Å². The molecule has 0 aliphatic carbocycles. The van der Waals surface area contributed by atoms with E-state index in [0.29, 0.717) is 23.1 Å². The number of aromatic amines is 1. The van der Waals surface area contributed by atoms with E-state index in [2.05, 4.69) is 25.9 Å². The van der Waals surface area contributed by atoms with Crippen molar-refractivity contribution in [1.29, 1.82) is 0 Å². The lowest BCUT2D eigenvalue weighted by Crippen LogP contribution is -2.30. The van der Waals surface area contributed by atoms with Crippen LogP contribution in [-0.4, -0.2) is 27.3 Å². The van der Waals surface area contributed by atoms with Gasteiger partial charge in [-0.05, 0) is 48.7 Å². The third kappa shape index (κ3) is 3.11. The average molecular weight is 420 g/mol. The van der Waals surface area contributed by atoms with Gasteiger partial charge in [0.2, 0.25) is 0 Å². The smallest absolute Gasteiger partial charge is 0.295 e. The number of carbonyl (C=O) groups excluding carboxylic acids is 1. The quantitative estimate of drug-likeness (QED) is 0.630. The van der Waals surface area contributed by atoms with Crippen molar-refractivity contribution >= 4 is 32.9 Å². The highest BCUT2D eigenvalue weighted by Crippen LogP contribution is 2.34. The highest BCUT2D eigenvalue weighted by molar-refractivity contribution is 9.10. The molecule has 2 heterocycles. The number of alkyl halides is 2. The number of aromatic nitrogens is 2. The van der Waals surface area contributed by atoms with Gasteiger partial charge in [0.25, 0.3) is 12.3 Å². The van der Waals surface area contributed by atoms with Gasteiger partial charge in [0, 0.05) is 16.6 Å². The number of carbonyl (C=O) groups is 1. The van der Waals surface area contributed by atoms with Crippen LogP contribution in [0.2, 0.25) is 0 Å². The first-order valence-corrected chi connectivity index (χ1v) is 9.16. The van der Waals surface area contributed by atoms with E-state index in [1.807, 2.05) is 29.2 Å². The van der Waals surface area contributed by atoms with E-state index in [0.717, 1.165) is 22.9 Å². The molecule has 1 aromatic heterocycles. The van der Waals surface area contributed by atoms with Crippen molar-refractivity contribution in [2.45, 2.75) is 25.3 Å². The molecule has 7 heteroatoms. The van der Waals surface area contributed by atoms with Crippen LogP contribution in [0.1, 0.15) is 47.1 Å². The number of benzene rings is 2. The second-order valence-corrected chi connectivity index (χ2v) is 7.28. The molecule has 0 saturated carbocycles. The summed E-state index contributed by atoms with van der Waals surface area (Å²) in [5.74, 6) is -0.472. The van der Waals surface area contributed by atoms with Crippen LogP contribution in [0.25, 0.3) is 11.0 Å². The van der Waals surface area contributed by atoms with Gasteiger partial charge >= 0.3 is 0 Å². The molecule has 134 valence electrons. The summed E-state index contributed by atoms with van der Waals surface area (Å²) >= 11 is 3.48. The number of rotatable bonds is 3. The van der Waals surface area contributed by atoms with E-state index in [1.165, 1.54) is 0 Å². The Morgan fingerprint density at radius 2 is 2.12 bits per heavy atom.